The Balaban J connectivity index is 2.37. The third-order valence-electron chi connectivity index (χ3n) is 3.18. The molecule has 1 aliphatic heterocycles. The molecule has 0 atom stereocenters. The van der Waals surface area contributed by atoms with Crippen LogP contribution in [0.2, 0.25) is 0 Å². The molecular weight excluding hydrogens is 172 g/mol. The SMILES string of the molecule is CC(C)(C)C1=C2CCCCC2=NNC1. The predicted octanol–water partition coefficient (Wildman–Crippen LogP) is 2.86. The molecule has 0 bridgehead atoms. The summed E-state index contributed by atoms with van der Waals surface area (Å²) in [4.78, 5) is 0. The van der Waals surface area contributed by atoms with Gasteiger partial charge in [-0.3, -0.25) is 0 Å². The molecule has 1 fully saturated rings. The van der Waals surface area contributed by atoms with Crippen LogP contribution in [0, 0.1) is 5.41 Å². The van der Waals surface area contributed by atoms with Gasteiger partial charge in [0.25, 0.3) is 0 Å². The van der Waals surface area contributed by atoms with E-state index in [1.54, 1.807) is 11.1 Å². The van der Waals surface area contributed by atoms with Crippen LogP contribution >= 0.6 is 0 Å². The van der Waals surface area contributed by atoms with Crippen LogP contribution < -0.4 is 5.43 Å². The van der Waals surface area contributed by atoms with Crippen LogP contribution in [0.15, 0.2) is 16.2 Å². The van der Waals surface area contributed by atoms with Crippen molar-refractivity contribution in [2.75, 3.05) is 6.54 Å². The van der Waals surface area contributed by atoms with E-state index in [1.807, 2.05) is 0 Å². The molecule has 0 aromatic heterocycles. The van der Waals surface area contributed by atoms with Crippen molar-refractivity contribution in [3.63, 3.8) is 0 Å². The van der Waals surface area contributed by atoms with Crippen LogP contribution in [0.5, 0.6) is 0 Å². The fourth-order valence-corrected chi connectivity index (χ4v) is 2.38. The number of nitrogens with zero attached hydrogens (tertiary/aromatic N) is 1. The standard InChI is InChI=1S/C12H20N2/c1-12(2,3)10-8-13-14-11-7-5-4-6-9(10)11/h13H,4-8H2,1-3H3. The molecule has 1 aliphatic carbocycles. The van der Waals surface area contributed by atoms with E-state index < -0.39 is 0 Å². The first-order chi connectivity index (χ1) is 6.59. The van der Waals surface area contributed by atoms with Crippen LogP contribution in [-0.4, -0.2) is 12.3 Å². The molecule has 2 nitrogen and oxygen atoms in total. The smallest absolute Gasteiger partial charge is 0.0635 e. The third-order valence-corrected chi connectivity index (χ3v) is 3.18. The van der Waals surface area contributed by atoms with Crippen molar-refractivity contribution in [2.24, 2.45) is 10.5 Å². The molecule has 0 aromatic carbocycles. The summed E-state index contributed by atoms with van der Waals surface area (Å²) in [5.41, 5.74) is 7.92. The Hall–Kier alpha value is -0.790. The van der Waals surface area contributed by atoms with Crippen LogP contribution in [0.3, 0.4) is 0 Å². The second-order valence-corrected chi connectivity index (χ2v) is 5.31. The molecule has 0 aromatic rings. The lowest BCUT2D eigenvalue weighted by Crippen LogP contribution is -2.31. The van der Waals surface area contributed by atoms with E-state index in [0.29, 0.717) is 5.41 Å². The fraction of sp³-hybridized carbons (Fsp3) is 0.750. The topological polar surface area (TPSA) is 24.4 Å². The van der Waals surface area contributed by atoms with E-state index >= 15 is 0 Å². The minimum atomic E-state index is 0.293. The normalized spacial score (nSPS) is 22.6. The Morgan fingerprint density at radius 3 is 2.57 bits per heavy atom. The second-order valence-electron chi connectivity index (χ2n) is 5.31. The van der Waals surface area contributed by atoms with E-state index in [0.717, 1.165) is 6.54 Å². The van der Waals surface area contributed by atoms with Gasteiger partial charge in [-0.15, -0.1) is 0 Å². The zero-order valence-corrected chi connectivity index (χ0v) is 9.48. The second kappa shape index (κ2) is 3.41. The maximum atomic E-state index is 4.42. The van der Waals surface area contributed by atoms with Gasteiger partial charge >= 0.3 is 0 Å². The number of hydrazone groups is 1. The zero-order chi connectivity index (χ0) is 10.2. The molecule has 0 amide bonds. The highest BCUT2D eigenvalue weighted by Gasteiger charge is 2.27. The minimum absolute atomic E-state index is 0.293. The highest BCUT2D eigenvalue weighted by Crippen LogP contribution is 2.34. The van der Waals surface area contributed by atoms with Gasteiger partial charge in [-0.25, -0.2) is 0 Å². The Bertz CT molecular complexity index is 292. The van der Waals surface area contributed by atoms with E-state index in [9.17, 15) is 0 Å². The summed E-state index contributed by atoms with van der Waals surface area (Å²) in [6.45, 7) is 7.85. The monoisotopic (exact) mass is 192 g/mol. The molecule has 0 unspecified atom stereocenters. The summed E-state index contributed by atoms with van der Waals surface area (Å²) in [7, 11) is 0. The van der Waals surface area contributed by atoms with Crippen molar-refractivity contribution in [3.8, 4) is 0 Å². The maximum Gasteiger partial charge on any atom is 0.0635 e. The summed E-state index contributed by atoms with van der Waals surface area (Å²) in [6.07, 6.45) is 5.06. The molecule has 2 heteroatoms. The quantitative estimate of drug-likeness (QED) is 0.627. The predicted molar refractivity (Wildman–Crippen MR) is 60.4 cm³/mol. The van der Waals surface area contributed by atoms with Gasteiger partial charge in [0.15, 0.2) is 0 Å². The Labute approximate surface area is 86.5 Å². The van der Waals surface area contributed by atoms with Gasteiger partial charge in [-0.1, -0.05) is 20.8 Å². The highest BCUT2D eigenvalue weighted by atomic mass is 15.3. The number of nitrogens with one attached hydrogen (secondary N) is 1. The largest absolute Gasteiger partial charge is 0.306 e. The molecule has 0 spiro atoms. The van der Waals surface area contributed by atoms with Gasteiger partial charge in [0.2, 0.25) is 0 Å². The van der Waals surface area contributed by atoms with Crippen molar-refractivity contribution >= 4 is 5.71 Å². The number of rotatable bonds is 0. The maximum absolute atomic E-state index is 4.42. The molecule has 0 radical (unpaired) electrons. The van der Waals surface area contributed by atoms with E-state index in [2.05, 4.69) is 31.3 Å². The first kappa shape index (κ1) is 9.75. The molecule has 2 aliphatic rings. The molecule has 2 rings (SSSR count). The number of allylic oxidation sites excluding steroid dienone is 1. The van der Waals surface area contributed by atoms with Crippen LogP contribution in [0.4, 0.5) is 0 Å². The fourth-order valence-electron chi connectivity index (χ4n) is 2.38. The van der Waals surface area contributed by atoms with Crippen molar-refractivity contribution < 1.29 is 0 Å². The average Bonchev–Trinajstić information content (AvgIpc) is 2.15. The van der Waals surface area contributed by atoms with Crippen molar-refractivity contribution in [2.45, 2.75) is 46.5 Å². The zero-order valence-electron chi connectivity index (χ0n) is 9.48. The van der Waals surface area contributed by atoms with E-state index in [4.69, 9.17) is 0 Å². The van der Waals surface area contributed by atoms with Crippen LogP contribution in [0.1, 0.15) is 46.5 Å². The Kier molecular flexibility index (Phi) is 2.38. The van der Waals surface area contributed by atoms with Gasteiger partial charge in [-0.05, 0) is 42.2 Å². The number of hydrogen-bond acceptors (Lipinski definition) is 2. The van der Waals surface area contributed by atoms with E-state index in [-0.39, 0.29) is 0 Å². The molecule has 14 heavy (non-hydrogen) atoms. The first-order valence-corrected chi connectivity index (χ1v) is 5.61. The molecule has 78 valence electrons. The number of fused-ring (bicyclic) bond motifs is 1. The average molecular weight is 192 g/mol. The first-order valence-electron chi connectivity index (χ1n) is 5.61. The van der Waals surface area contributed by atoms with Gasteiger partial charge in [0.05, 0.1) is 12.3 Å². The van der Waals surface area contributed by atoms with Gasteiger partial charge in [0, 0.05) is 0 Å². The minimum Gasteiger partial charge on any atom is -0.306 e. The van der Waals surface area contributed by atoms with Crippen molar-refractivity contribution in [1.82, 2.24) is 5.43 Å². The molecule has 0 saturated heterocycles. The summed E-state index contributed by atoms with van der Waals surface area (Å²) in [6, 6.07) is 0. The summed E-state index contributed by atoms with van der Waals surface area (Å²) < 4.78 is 0. The molecule has 1 N–H and O–H groups in total. The van der Waals surface area contributed by atoms with Gasteiger partial charge in [0.1, 0.15) is 0 Å². The summed E-state index contributed by atoms with van der Waals surface area (Å²) in [5, 5.41) is 4.42. The van der Waals surface area contributed by atoms with Crippen molar-refractivity contribution in [1.29, 1.82) is 0 Å². The Morgan fingerprint density at radius 1 is 1.14 bits per heavy atom. The highest BCUT2D eigenvalue weighted by molar-refractivity contribution is 6.02. The van der Waals surface area contributed by atoms with Gasteiger partial charge < -0.3 is 5.43 Å². The summed E-state index contributed by atoms with van der Waals surface area (Å²) in [5.74, 6) is 0. The lowest BCUT2D eigenvalue weighted by Gasteiger charge is -2.32. The molecular formula is C12H20N2. The summed E-state index contributed by atoms with van der Waals surface area (Å²) >= 11 is 0. The third kappa shape index (κ3) is 1.70. The van der Waals surface area contributed by atoms with Crippen LogP contribution in [-0.2, 0) is 0 Å². The van der Waals surface area contributed by atoms with E-state index in [1.165, 1.54) is 31.4 Å². The Morgan fingerprint density at radius 2 is 1.86 bits per heavy atom. The molecule has 1 heterocycles. The van der Waals surface area contributed by atoms with Gasteiger partial charge in [-0.2, -0.15) is 5.10 Å². The molecule has 1 saturated carbocycles. The van der Waals surface area contributed by atoms with Crippen molar-refractivity contribution in [3.05, 3.63) is 11.1 Å². The van der Waals surface area contributed by atoms with Crippen LogP contribution in [0.25, 0.3) is 0 Å². The lowest BCUT2D eigenvalue weighted by atomic mass is 9.77. The lowest BCUT2D eigenvalue weighted by molar-refractivity contribution is 0.467. The number of hydrogen-bond donors (Lipinski definition) is 1.